The molecule has 0 spiro atoms. The predicted octanol–water partition coefficient (Wildman–Crippen LogP) is 3.28. The number of carbonyl (C=O) groups is 1. The molecule has 3 rings (SSSR count). The Hall–Kier alpha value is -1.55. The number of para-hydroxylation sites is 1. The molecule has 2 aliphatic rings. The highest BCUT2D eigenvalue weighted by Crippen LogP contribution is 2.65. The van der Waals surface area contributed by atoms with Gasteiger partial charge in [-0.3, -0.25) is 0 Å². The maximum Gasteiger partial charge on any atom is 0.339 e. The number of aliphatic hydroxyl groups excluding tert-OH is 1. The number of carboxylic acid groups (broad SMARTS) is 1. The summed E-state index contributed by atoms with van der Waals surface area (Å²) >= 11 is 0. The van der Waals surface area contributed by atoms with Gasteiger partial charge in [0.15, 0.2) is 0 Å². The lowest BCUT2D eigenvalue weighted by Gasteiger charge is -2.36. The normalized spacial score (nSPS) is 32.4. The fraction of sp³-hybridized carbons (Fsp3) is 0.588. The SMILES string of the molecule is CC1(C)[C@@H]2CC[C@]1(C)[C@@H](O)C2.O=C(O)c1ccccc1O. The molecule has 2 saturated carbocycles. The van der Waals surface area contributed by atoms with Gasteiger partial charge in [0, 0.05) is 0 Å². The lowest BCUT2D eigenvalue weighted by atomic mass is 9.70. The van der Waals surface area contributed by atoms with Crippen molar-refractivity contribution >= 4 is 5.97 Å². The van der Waals surface area contributed by atoms with Crippen molar-refractivity contribution in [3.05, 3.63) is 29.8 Å². The molecule has 0 aliphatic heterocycles. The molecule has 116 valence electrons. The van der Waals surface area contributed by atoms with Gasteiger partial charge in [0.2, 0.25) is 0 Å². The number of carboxylic acids is 1. The molecule has 2 fully saturated rings. The summed E-state index contributed by atoms with van der Waals surface area (Å²) in [6, 6.07) is 5.81. The zero-order valence-electron chi connectivity index (χ0n) is 12.8. The van der Waals surface area contributed by atoms with Gasteiger partial charge in [-0.05, 0) is 48.1 Å². The lowest BCUT2D eigenvalue weighted by Crippen LogP contribution is -2.35. The number of aromatic carboxylic acids is 1. The van der Waals surface area contributed by atoms with Crippen molar-refractivity contribution in [2.75, 3.05) is 0 Å². The average molecular weight is 292 g/mol. The van der Waals surface area contributed by atoms with E-state index >= 15 is 0 Å². The van der Waals surface area contributed by atoms with Crippen LogP contribution in [0.1, 0.15) is 50.4 Å². The fourth-order valence-electron chi connectivity index (χ4n) is 3.82. The van der Waals surface area contributed by atoms with Crippen LogP contribution in [0.3, 0.4) is 0 Å². The molecule has 1 aromatic carbocycles. The van der Waals surface area contributed by atoms with Crippen LogP contribution in [0.25, 0.3) is 0 Å². The number of hydrogen-bond donors (Lipinski definition) is 3. The summed E-state index contributed by atoms with van der Waals surface area (Å²) in [6.07, 6.45) is 3.58. The van der Waals surface area contributed by atoms with Gasteiger partial charge in [0.25, 0.3) is 0 Å². The molecule has 0 heterocycles. The first kappa shape index (κ1) is 15.8. The molecule has 4 nitrogen and oxygen atoms in total. The van der Waals surface area contributed by atoms with Gasteiger partial charge < -0.3 is 15.3 Å². The van der Waals surface area contributed by atoms with Gasteiger partial charge in [-0.25, -0.2) is 4.79 Å². The Morgan fingerprint density at radius 3 is 2.14 bits per heavy atom. The van der Waals surface area contributed by atoms with Crippen molar-refractivity contribution in [2.45, 2.75) is 46.1 Å². The van der Waals surface area contributed by atoms with Crippen molar-refractivity contribution in [3.8, 4) is 5.75 Å². The van der Waals surface area contributed by atoms with Crippen LogP contribution in [-0.2, 0) is 0 Å². The Kier molecular flexibility index (Phi) is 4.02. The first-order valence-electron chi connectivity index (χ1n) is 7.39. The van der Waals surface area contributed by atoms with Crippen molar-refractivity contribution in [2.24, 2.45) is 16.7 Å². The molecule has 0 aromatic heterocycles. The molecule has 21 heavy (non-hydrogen) atoms. The first-order valence-corrected chi connectivity index (χ1v) is 7.39. The third-order valence-electron chi connectivity index (χ3n) is 5.88. The average Bonchev–Trinajstić information content (AvgIpc) is 2.73. The van der Waals surface area contributed by atoms with E-state index in [1.54, 1.807) is 12.1 Å². The molecule has 2 bridgehead atoms. The van der Waals surface area contributed by atoms with Crippen LogP contribution in [0.5, 0.6) is 5.75 Å². The van der Waals surface area contributed by atoms with E-state index in [1.807, 2.05) is 0 Å². The number of rotatable bonds is 1. The van der Waals surface area contributed by atoms with Gasteiger partial charge in [-0.2, -0.15) is 0 Å². The number of benzene rings is 1. The van der Waals surface area contributed by atoms with E-state index < -0.39 is 5.97 Å². The fourth-order valence-corrected chi connectivity index (χ4v) is 3.82. The highest BCUT2D eigenvalue weighted by molar-refractivity contribution is 5.90. The van der Waals surface area contributed by atoms with Crippen LogP contribution >= 0.6 is 0 Å². The molecular formula is C17H24O4. The molecule has 0 radical (unpaired) electrons. The van der Waals surface area contributed by atoms with Crippen molar-refractivity contribution in [3.63, 3.8) is 0 Å². The largest absolute Gasteiger partial charge is 0.507 e. The quantitative estimate of drug-likeness (QED) is 0.742. The van der Waals surface area contributed by atoms with Gasteiger partial charge >= 0.3 is 5.97 Å². The van der Waals surface area contributed by atoms with Crippen molar-refractivity contribution < 1.29 is 20.1 Å². The van der Waals surface area contributed by atoms with Crippen LogP contribution in [0.4, 0.5) is 0 Å². The summed E-state index contributed by atoms with van der Waals surface area (Å²) in [5.74, 6) is -0.532. The van der Waals surface area contributed by atoms with Gasteiger partial charge in [0.05, 0.1) is 6.10 Å². The second-order valence-corrected chi connectivity index (χ2v) is 6.95. The Morgan fingerprint density at radius 1 is 1.24 bits per heavy atom. The third-order valence-corrected chi connectivity index (χ3v) is 5.88. The number of aromatic hydroxyl groups is 1. The van der Waals surface area contributed by atoms with E-state index in [-0.39, 0.29) is 22.8 Å². The predicted molar refractivity (Wildman–Crippen MR) is 80.3 cm³/mol. The Morgan fingerprint density at radius 2 is 1.86 bits per heavy atom. The van der Waals surface area contributed by atoms with E-state index in [0.717, 1.165) is 12.3 Å². The molecule has 0 unspecified atom stereocenters. The van der Waals surface area contributed by atoms with Crippen LogP contribution in [-0.4, -0.2) is 27.4 Å². The summed E-state index contributed by atoms with van der Waals surface area (Å²) < 4.78 is 0. The smallest absolute Gasteiger partial charge is 0.339 e. The van der Waals surface area contributed by atoms with Gasteiger partial charge in [0.1, 0.15) is 11.3 Å². The molecule has 3 N–H and O–H groups in total. The second kappa shape index (κ2) is 5.34. The Balaban J connectivity index is 0.000000155. The summed E-state index contributed by atoms with van der Waals surface area (Å²) in [6.45, 7) is 6.90. The number of aliphatic hydroxyl groups is 1. The summed E-state index contributed by atoms with van der Waals surface area (Å²) in [4.78, 5) is 10.3. The van der Waals surface area contributed by atoms with Gasteiger partial charge in [-0.15, -0.1) is 0 Å². The molecular weight excluding hydrogens is 268 g/mol. The van der Waals surface area contributed by atoms with E-state index in [1.165, 1.54) is 25.0 Å². The summed E-state index contributed by atoms with van der Waals surface area (Å²) in [7, 11) is 0. The zero-order valence-corrected chi connectivity index (χ0v) is 12.8. The molecule has 4 heteroatoms. The molecule has 2 aliphatic carbocycles. The van der Waals surface area contributed by atoms with E-state index in [0.29, 0.717) is 5.41 Å². The topological polar surface area (TPSA) is 77.8 Å². The molecule has 0 saturated heterocycles. The Labute approximate surface area is 125 Å². The minimum atomic E-state index is -1.11. The minimum absolute atomic E-state index is 0.0313. The van der Waals surface area contributed by atoms with E-state index in [2.05, 4.69) is 20.8 Å². The standard InChI is InChI=1S/C10H18O.C7H6O3/c1-9(2)7-4-5-10(9,3)8(11)6-7;8-6-4-2-1-3-5(6)7(9)10/h7-8,11H,4-6H2,1-3H3;1-4,8H,(H,9,10)/t7-,8+,10-;/m1./s1. The summed E-state index contributed by atoms with van der Waals surface area (Å²) in [5.41, 5.74) is 0.534. The van der Waals surface area contributed by atoms with E-state index in [4.69, 9.17) is 10.2 Å². The molecule has 3 atom stereocenters. The van der Waals surface area contributed by atoms with E-state index in [9.17, 15) is 9.90 Å². The molecule has 1 aromatic rings. The van der Waals surface area contributed by atoms with Crippen molar-refractivity contribution in [1.82, 2.24) is 0 Å². The number of phenols is 1. The van der Waals surface area contributed by atoms with Crippen LogP contribution in [0, 0.1) is 16.7 Å². The second-order valence-electron chi connectivity index (χ2n) is 6.95. The molecule has 0 amide bonds. The highest BCUT2D eigenvalue weighted by atomic mass is 16.4. The zero-order chi connectivity index (χ0) is 15.8. The lowest BCUT2D eigenvalue weighted by molar-refractivity contribution is 0.0126. The maximum absolute atomic E-state index is 10.3. The summed E-state index contributed by atoms with van der Waals surface area (Å²) in [5, 5.41) is 27.1. The number of hydrogen-bond acceptors (Lipinski definition) is 3. The third kappa shape index (κ3) is 2.53. The highest BCUT2D eigenvalue weighted by Gasteiger charge is 2.60. The van der Waals surface area contributed by atoms with Crippen LogP contribution in [0.2, 0.25) is 0 Å². The minimum Gasteiger partial charge on any atom is -0.507 e. The monoisotopic (exact) mass is 292 g/mol. The first-order chi connectivity index (χ1) is 9.70. The Bertz CT molecular complexity index is 537. The van der Waals surface area contributed by atoms with Crippen LogP contribution in [0.15, 0.2) is 24.3 Å². The van der Waals surface area contributed by atoms with Crippen LogP contribution < -0.4 is 0 Å². The number of fused-ring (bicyclic) bond motifs is 2. The van der Waals surface area contributed by atoms with Gasteiger partial charge in [-0.1, -0.05) is 32.9 Å². The van der Waals surface area contributed by atoms with Crippen molar-refractivity contribution in [1.29, 1.82) is 0 Å². The maximum atomic E-state index is 10.3.